The van der Waals surface area contributed by atoms with Crippen LogP contribution in [0.2, 0.25) is 0 Å². The van der Waals surface area contributed by atoms with Crippen LogP contribution in [0.5, 0.6) is 0 Å². The summed E-state index contributed by atoms with van der Waals surface area (Å²) in [4.78, 5) is 30.1. The average Bonchev–Trinajstić information content (AvgIpc) is 3.12. The smallest absolute Gasteiger partial charge is 0.262 e. The predicted molar refractivity (Wildman–Crippen MR) is 114 cm³/mol. The summed E-state index contributed by atoms with van der Waals surface area (Å²) in [5.41, 5.74) is -0.231. The van der Waals surface area contributed by atoms with Crippen LogP contribution in [0, 0.1) is 17.2 Å². The van der Waals surface area contributed by atoms with Gasteiger partial charge < -0.3 is 5.32 Å². The van der Waals surface area contributed by atoms with Gasteiger partial charge in [-0.05, 0) is 49.8 Å². The Kier molecular flexibility index (Phi) is 6.46. The number of rotatable bonds is 6. The van der Waals surface area contributed by atoms with E-state index in [0.717, 1.165) is 17.3 Å². The summed E-state index contributed by atoms with van der Waals surface area (Å²) in [5.74, 6) is 0.183. The highest BCUT2D eigenvalue weighted by atomic mass is 79.9. The molecule has 0 unspecified atom stereocenters. The van der Waals surface area contributed by atoms with E-state index in [1.807, 2.05) is 19.9 Å². The molecule has 1 aliphatic rings. The lowest BCUT2D eigenvalue weighted by Gasteiger charge is -2.22. The van der Waals surface area contributed by atoms with E-state index in [1.54, 1.807) is 16.7 Å². The number of nitrogens with one attached hydrogen (secondary N) is 1. The van der Waals surface area contributed by atoms with Crippen molar-refractivity contribution >= 4 is 44.5 Å². The van der Waals surface area contributed by atoms with Gasteiger partial charge in [0.2, 0.25) is 5.91 Å². The fourth-order valence-electron chi connectivity index (χ4n) is 3.49. The molecule has 1 aliphatic carbocycles. The van der Waals surface area contributed by atoms with Crippen molar-refractivity contribution in [3.63, 3.8) is 0 Å². The molecule has 1 heterocycles. The molecule has 1 aromatic heterocycles. The highest BCUT2D eigenvalue weighted by Crippen LogP contribution is 2.29. The minimum Gasteiger partial charge on any atom is -0.337 e. The molecule has 0 spiro atoms. The third kappa shape index (κ3) is 4.58. The zero-order valence-corrected chi connectivity index (χ0v) is 18.4. The molecule has 0 radical (unpaired) electrons. The number of hydrogen-bond acceptors (Lipinski definition) is 5. The van der Waals surface area contributed by atoms with E-state index >= 15 is 0 Å². The van der Waals surface area contributed by atoms with Crippen molar-refractivity contribution in [2.45, 2.75) is 56.8 Å². The van der Waals surface area contributed by atoms with Crippen LogP contribution in [-0.4, -0.2) is 26.8 Å². The summed E-state index contributed by atoms with van der Waals surface area (Å²) in [6.45, 7) is 4.60. The van der Waals surface area contributed by atoms with Crippen LogP contribution < -0.4 is 10.9 Å². The lowest BCUT2D eigenvalue weighted by atomic mass is 10.0. The van der Waals surface area contributed by atoms with Gasteiger partial charge in [0.1, 0.15) is 5.54 Å². The summed E-state index contributed by atoms with van der Waals surface area (Å²) in [6, 6.07) is 7.69. The van der Waals surface area contributed by atoms with Crippen molar-refractivity contribution in [3.8, 4) is 6.07 Å². The predicted octanol–water partition coefficient (Wildman–Crippen LogP) is 3.86. The molecular weight excluding hydrogens is 440 g/mol. The SMILES string of the molecule is CC(C)Cn1c(SCC(=O)NC2(C#N)CCCC2)nc2ccc(Br)cc2c1=O. The molecule has 0 aliphatic heterocycles. The van der Waals surface area contributed by atoms with Crippen molar-refractivity contribution in [1.29, 1.82) is 5.26 Å². The second-order valence-electron chi connectivity index (χ2n) is 7.60. The topological polar surface area (TPSA) is 87.8 Å². The molecule has 1 aromatic carbocycles. The second-order valence-corrected chi connectivity index (χ2v) is 9.46. The molecule has 0 bridgehead atoms. The first-order chi connectivity index (χ1) is 13.3. The first kappa shape index (κ1) is 20.9. The van der Waals surface area contributed by atoms with Gasteiger partial charge in [-0.2, -0.15) is 5.26 Å². The highest BCUT2D eigenvalue weighted by molar-refractivity contribution is 9.10. The van der Waals surface area contributed by atoms with Gasteiger partial charge in [-0.25, -0.2) is 4.98 Å². The Labute approximate surface area is 176 Å². The van der Waals surface area contributed by atoms with Crippen molar-refractivity contribution in [2.75, 3.05) is 5.75 Å². The molecule has 3 rings (SSSR count). The fourth-order valence-corrected chi connectivity index (χ4v) is 4.66. The van der Waals surface area contributed by atoms with Crippen LogP contribution in [0.15, 0.2) is 32.6 Å². The Bertz CT molecular complexity index is 990. The molecule has 8 heteroatoms. The molecule has 28 heavy (non-hydrogen) atoms. The normalized spacial score (nSPS) is 15.7. The number of amides is 1. The Morgan fingerprint density at radius 2 is 2.14 bits per heavy atom. The molecule has 1 fully saturated rings. The summed E-state index contributed by atoms with van der Waals surface area (Å²) in [7, 11) is 0. The van der Waals surface area contributed by atoms with Gasteiger partial charge in [0.05, 0.1) is 22.7 Å². The van der Waals surface area contributed by atoms with Crippen LogP contribution in [0.4, 0.5) is 0 Å². The van der Waals surface area contributed by atoms with Gasteiger partial charge in [-0.3, -0.25) is 14.2 Å². The first-order valence-electron chi connectivity index (χ1n) is 9.39. The van der Waals surface area contributed by atoms with Gasteiger partial charge >= 0.3 is 0 Å². The minimum absolute atomic E-state index is 0.104. The largest absolute Gasteiger partial charge is 0.337 e. The number of carbonyl (C=O) groups excluding carboxylic acids is 1. The molecule has 0 saturated heterocycles. The maximum Gasteiger partial charge on any atom is 0.262 e. The number of carbonyl (C=O) groups is 1. The van der Waals surface area contributed by atoms with E-state index in [1.165, 1.54) is 11.8 Å². The van der Waals surface area contributed by atoms with Crippen LogP contribution in [0.25, 0.3) is 10.9 Å². The monoisotopic (exact) mass is 462 g/mol. The second kappa shape index (κ2) is 8.66. The summed E-state index contributed by atoms with van der Waals surface area (Å²) >= 11 is 4.64. The van der Waals surface area contributed by atoms with Crippen molar-refractivity contribution in [3.05, 3.63) is 33.0 Å². The van der Waals surface area contributed by atoms with Gasteiger partial charge in [0, 0.05) is 11.0 Å². The third-order valence-electron chi connectivity index (χ3n) is 4.81. The zero-order valence-electron chi connectivity index (χ0n) is 16.0. The Balaban J connectivity index is 1.85. The number of benzene rings is 1. The number of fused-ring (bicyclic) bond motifs is 1. The molecule has 1 N–H and O–H groups in total. The number of nitrogens with zero attached hydrogens (tertiary/aromatic N) is 3. The number of aromatic nitrogens is 2. The Morgan fingerprint density at radius 3 is 2.79 bits per heavy atom. The van der Waals surface area contributed by atoms with E-state index in [9.17, 15) is 14.9 Å². The quantitative estimate of drug-likeness (QED) is 0.519. The van der Waals surface area contributed by atoms with E-state index in [0.29, 0.717) is 35.4 Å². The maximum atomic E-state index is 13.0. The van der Waals surface area contributed by atoms with Gasteiger partial charge in [0.15, 0.2) is 5.16 Å². The van der Waals surface area contributed by atoms with Crippen LogP contribution >= 0.6 is 27.7 Å². The van der Waals surface area contributed by atoms with Crippen molar-refractivity contribution in [1.82, 2.24) is 14.9 Å². The first-order valence-corrected chi connectivity index (χ1v) is 11.2. The maximum absolute atomic E-state index is 13.0. The average molecular weight is 463 g/mol. The molecule has 2 aromatic rings. The minimum atomic E-state index is -0.738. The van der Waals surface area contributed by atoms with E-state index in [2.05, 4.69) is 32.3 Å². The van der Waals surface area contributed by atoms with Crippen molar-refractivity contribution < 1.29 is 4.79 Å². The molecule has 1 saturated carbocycles. The Morgan fingerprint density at radius 1 is 1.43 bits per heavy atom. The summed E-state index contributed by atoms with van der Waals surface area (Å²) in [5, 5.41) is 13.4. The number of hydrogen-bond donors (Lipinski definition) is 1. The zero-order chi connectivity index (χ0) is 20.3. The fraction of sp³-hybridized carbons (Fsp3) is 0.500. The van der Waals surface area contributed by atoms with Crippen LogP contribution in [-0.2, 0) is 11.3 Å². The van der Waals surface area contributed by atoms with Gasteiger partial charge in [0.25, 0.3) is 5.56 Å². The summed E-state index contributed by atoms with van der Waals surface area (Å²) < 4.78 is 2.47. The van der Waals surface area contributed by atoms with Crippen molar-refractivity contribution in [2.24, 2.45) is 5.92 Å². The molecule has 1 amide bonds. The number of halogens is 1. The Hall–Kier alpha value is -1.85. The van der Waals surface area contributed by atoms with Crippen LogP contribution in [0.1, 0.15) is 39.5 Å². The summed E-state index contributed by atoms with van der Waals surface area (Å²) in [6.07, 6.45) is 3.30. The molecule has 6 nitrogen and oxygen atoms in total. The van der Waals surface area contributed by atoms with Gasteiger partial charge in [-0.15, -0.1) is 0 Å². The lowest BCUT2D eigenvalue weighted by molar-refractivity contribution is -0.119. The molecular formula is C20H23BrN4O2S. The third-order valence-corrected chi connectivity index (χ3v) is 6.28. The highest BCUT2D eigenvalue weighted by Gasteiger charge is 2.35. The number of thioether (sulfide) groups is 1. The standard InChI is InChI=1S/C20H23BrN4O2S/c1-13(2)10-25-18(27)15-9-14(21)5-6-16(15)23-19(25)28-11-17(26)24-20(12-22)7-3-4-8-20/h5-6,9,13H,3-4,7-8,10-11H2,1-2H3,(H,24,26). The molecule has 148 valence electrons. The van der Waals surface area contributed by atoms with E-state index in [4.69, 9.17) is 0 Å². The molecule has 0 atom stereocenters. The van der Waals surface area contributed by atoms with Gasteiger partial charge in [-0.1, -0.05) is 41.5 Å². The lowest BCUT2D eigenvalue weighted by Crippen LogP contribution is -2.45. The van der Waals surface area contributed by atoms with Crippen LogP contribution in [0.3, 0.4) is 0 Å². The van der Waals surface area contributed by atoms with E-state index < -0.39 is 5.54 Å². The van der Waals surface area contributed by atoms with E-state index in [-0.39, 0.29) is 23.1 Å². The number of nitriles is 1.